The lowest BCUT2D eigenvalue weighted by Gasteiger charge is -1.96. The minimum atomic E-state index is 0.147. The summed E-state index contributed by atoms with van der Waals surface area (Å²) in [6, 6.07) is 0. The highest BCUT2D eigenvalue weighted by Gasteiger charge is 2.03. The molecular weight excluding hydrogens is 124 g/mol. The lowest BCUT2D eigenvalue weighted by atomic mass is 10.1. The third-order valence-corrected chi connectivity index (χ3v) is 1.75. The van der Waals surface area contributed by atoms with Crippen molar-refractivity contribution in [3.05, 3.63) is 23.8 Å². The van der Waals surface area contributed by atoms with Gasteiger partial charge in [0.1, 0.15) is 6.29 Å². The zero-order chi connectivity index (χ0) is 7.40. The molecule has 0 heterocycles. The van der Waals surface area contributed by atoms with Gasteiger partial charge in [-0.05, 0) is 19.8 Å². The van der Waals surface area contributed by atoms with Gasteiger partial charge < -0.3 is 4.79 Å². The Labute approximate surface area is 61.4 Å². The second-order valence-corrected chi connectivity index (χ2v) is 2.68. The van der Waals surface area contributed by atoms with Gasteiger partial charge >= 0.3 is 0 Å². The van der Waals surface area contributed by atoms with Crippen LogP contribution < -0.4 is 0 Å². The van der Waals surface area contributed by atoms with E-state index in [1.165, 1.54) is 5.57 Å². The Kier molecular flexibility index (Phi) is 2.43. The number of hydrogen-bond donors (Lipinski definition) is 0. The van der Waals surface area contributed by atoms with Crippen molar-refractivity contribution in [1.82, 2.24) is 0 Å². The number of aldehydes is 1. The van der Waals surface area contributed by atoms with E-state index in [1.807, 2.05) is 12.2 Å². The van der Waals surface area contributed by atoms with Gasteiger partial charge in [-0.25, -0.2) is 0 Å². The van der Waals surface area contributed by atoms with E-state index >= 15 is 0 Å². The Hall–Kier alpha value is -0.850. The van der Waals surface area contributed by atoms with Crippen molar-refractivity contribution in [3.63, 3.8) is 0 Å². The summed E-state index contributed by atoms with van der Waals surface area (Å²) in [5.74, 6) is 0.147. The van der Waals surface area contributed by atoms with Crippen LogP contribution in [0.2, 0.25) is 0 Å². The largest absolute Gasteiger partial charge is 0.303 e. The second-order valence-electron chi connectivity index (χ2n) is 2.68. The van der Waals surface area contributed by atoms with Crippen molar-refractivity contribution >= 4 is 6.29 Å². The van der Waals surface area contributed by atoms with E-state index in [9.17, 15) is 4.79 Å². The van der Waals surface area contributed by atoms with Crippen LogP contribution in [-0.4, -0.2) is 6.29 Å². The molecule has 1 rings (SSSR count). The highest BCUT2D eigenvalue weighted by atomic mass is 16.1. The normalized spacial score (nSPS) is 25.3. The van der Waals surface area contributed by atoms with Crippen LogP contribution in [-0.2, 0) is 4.79 Å². The van der Waals surface area contributed by atoms with Crippen molar-refractivity contribution in [2.45, 2.75) is 19.8 Å². The minimum absolute atomic E-state index is 0.147. The molecule has 0 aliphatic heterocycles. The molecule has 10 heavy (non-hydrogen) atoms. The highest BCUT2D eigenvalue weighted by Crippen LogP contribution is 2.13. The second kappa shape index (κ2) is 3.35. The van der Waals surface area contributed by atoms with E-state index in [2.05, 4.69) is 13.0 Å². The first kappa shape index (κ1) is 7.26. The van der Waals surface area contributed by atoms with Crippen LogP contribution in [0.15, 0.2) is 23.8 Å². The quantitative estimate of drug-likeness (QED) is 0.504. The Morgan fingerprint density at radius 1 is 1.70 bits per heavy atom. The molecular formula is C9H12O. The van der Waals surface area contributed by atoms with Crippen molar-refractivity contribution < 1.29 is 4.79 Å². The lowest BCUT2D eigenvalue weighted by molar-refractivity contribution is -0.110. The summed E-state index contributed by atoms with van der Waals surface area (Å²) < 4.78 is 0. The van der Waals surface area contributed by atoms with Crippen molar-refractivity contribution in [2.75, 3.05) is 0 Å². The zero-order valence-electron chi connectivity index (χ0n) is 6.21. The standard InChI is InChI=1S/C9H12O/c1-8-3-2-4-9(7-10)6-5-8/h3,5-7,9H,2,4H2,1H3. The van der Waals surface area contributed by atoms with Gasteiger partial charge in [-0.1, -0.05) is 23.8 Å². The van der Waals surface area contributed by atoms with Crippen molar-refractivity contribution in [2.24, 2.45) is 5.92 Å². The van der Waals surface area contributed by atoms with Gasteiger partial charge in [0.05, 0.1) is 0 Å². The fourth-order valence-electron chi connectivity index (χ4n) is 1.06. The van der Waals surface area contributed by atoms with Gasteiger partial charge in [-0.3, -0.25) is 0 Å². The molecule has 1 aliphatic rings. The molecule has 0 N–H and O–H groups in total. The maximum Gasteiger partial charge on any atom is 0.126 e. The lowest BCUT2D eigenvalue weighted by Crippen LogP contribution is -1.94. The minimum Gasteiger partial charge on any atom is -0.303 e. The molecule has 0 aromatic carbocycles. The average molecular weight is 136 g/mol. The molecule has 0 saturated carbocycles. The number of carbonyl (C=O) groups excluding carboxylic acids is 1. The van der Waals surface area contributed by atoms with Gasteiger partial charge in [-0.2, -0.15) is 0 Å². The number of allylic oxidation sites excluding steroid dienone is 4. The Morgan fingerprint density at radius 3 is 3.20 bits per heavy atom. The predicted octanol–water partition coefficient (Wildman–Crippen LogP) is 2.10. The summed E-state index contributed by atoms with van der Waals surface area (Å²) in [7, 11) is 0. The fraction of sp³-hybridized carbons (Fsp3) is 0.444. The van der Waals surface area contributed by atoms with E-state index in [0.29, 0.717) is 0 Å². The van der Waals surface area contributed by atoms with Crippen LogP contribution >= 0.6 is 0 Å². The van der Waals surface area contributed by atoms with Gasteiger partial charge in [0.25, 0.3) is 0 Å². The molecule has 0 bridgehead atoms. The maximum atomic E-state index is 10.3. The van der Waals surface area contributed by atoms with Gasteiger partial charge in [0.15, 0.2) is 0 Å². The zero-order valence-corrected chi connectivity index (χ0v) is 6.21. The Balaban J connectivity index is 2.61. The molecule has 1 nitrogen and oxygen atoms in total. The molecule has 1 atom stereocenters. The monoisotopic (exact) mass is 136 g/mol. The molecule has 0 spiro atoms. The van der Waals surface area contributed by atoms with E-state index in [1.54, 1.807) is 0 Å². The van der Waals surface area contributed by atoms with Crippen LogP contribution in [0.25, 0.3) is 0 Å². The van der Waals surface area contributed by atoms with E-state index in [-0.39, 0.29) is 5.92 Å². The van der Waals surface area contributed by atoms with E-state index in [4.69, 9.17) is 0 Å². The summed E-state index contributed by atoms with van der Waals surface area (Å²) >= 11 is 0. The molecule has 0 aromatic heterocycles. The van der Waals surface area contributed by atoms with E-state index in [0.717, 1.165) is 19.1 Å². The molecule has 0 radical (unpaired) electrons. The smallest absolute Gasteiger partial charge is 0.126 e. The van der Waals surface area contributed by atoms with E-state index < -0.39 is 0 Å². The number of rotatable bonds is 1. The third kappa shape index (κ3) is 1.83. The van der Waals surface area contributed by atoms with Gasteiger partial charge in [0, 0.05) is 5.92 Å². The number of carbonyl (C=O) groups is 1. The molecule has 0 amide bonds. The van der Waals surface area contributed by atoms with Crippen molar-refractivity contribution in [1.29, 1.82) is 0 Å². The summed E-state index contributed by atoms with van der Waals surface area (Å²) in [5.41, 5.74) is 1.27. The van der Waals surface area contributed by atoms with Crippen LogP contribution in [0, 0.1) is 5.92 Å². The number of hydrogen-bond acceptors (Lipinski definition) is 1. The molecule has 0 saturated heterocycles. The molecule has 0 fully saturated rings. The molecule has 1 unspecified atom stereocenters. The molecule has 1 heteroatoms. The average Bonchev–Trinajstić information content (AvgIpc) is 2.14. The summed E-state index contributed by atoms with van der Waals surface area (Å²) in [4.78, 5) is 10.3. The molecule has 54 valence electrons. The van der Waals surface area contributed by atoms with Crippen LogP contribution in [0.3, 0.4) is 0 Å². The maximum absolute atomic E-state index is 10.3. The summed E-state index contributed by atoms with van der Waals surface area (Å²) in [6.45, 7) is 2.06. The first-order valence-corrected chi connectivity index (χ1v) is 3.63. The first-order valence-electron chi connectivity index (χ1n) is 3.63. The summed E-state index contributed by atoms with van der Waals surface area (Å²) in [6.07, 6.45) is 9.18. The van der Waals surface area contributed by atoms with Crippen LogP contribution in [0.1, 0.15) is 19.8 Å². The predicted molar refractivity (Wildman–Crippen MR) is 41.7 cm³/mol. The van der Waals surface area contributed by atoms with Gasteiger partial charge in [0.2, 0.25) is 0 Å². The van der Waals surface area contributed by atoms with Crippen LogP contribution in [0.4, 0.5) is 0 Å². The molecule has 1 aliphatic carbocycles. The van der Waals surface area contributed by atoms with Crippen molar-refractivity contribution in [3.8, 4) is 0 Å². The fourth-order valence-corrected chi connectivity index (χ4v) is 1.06. The van der Waals surface area contributed by atoms with Gasteiger partial charge in [-0.15, -0.1) is 0 Å². The van der Waals surface area contributed by atoms with Crippen LogP contribution in [0.5, 0.6) is 0 Å². The SMILES string of the molecule is CC1=CCCC(C=O)C=C1. The Morgan fingerprint density at radius 2 is 2.50 bits per heavy atom. The first-order chi connectivity index (χ1) is 4.83. The third-order valence-electron chi connectivity index (χ3n) is 1.75. The Bertz CT molecular complexity index is 177. The molecule has 0 aromatic rings. The highest BCUT2D eigenvalue weighted by molar-refractivity contribution is 5.57. The summed E-state index contributed by atoms with van der Waals surface area (Å²) in [5, 5.41) is 0. The topological polar surface area (TPSA) is 17.1 Å².